The molecule has 0 amide bonds. The highest BCUT2D eigenvalue weighted by Crippen LogP contribution is 2.23. The summed E-state index contributed by atoms with van der Waals surface area (Å²) in [5, 5.41) is 0. The van der Waals surface area contributed by atoms with Crippen LogP contribution in [-0.4, -0.2) is 0 Å². The summed E-state index contributed by atoms with van der Waals surface area (Å²) in [7, 11) is 0. The fourth-order valence-electron chi connectivity index (χ4n) is 2.90. The van der Waals surface area contributed by atoms with Crippen molar-refractivity contribution in [3.8, 4) is 0 Å². The molecule has 1 heteroatoms. The van der Waals surface area contributed by atoms with E-state index in [1.807, 2.05) is 0 Å². The molecule has 0 fully saturated rings. The van der Waals surface area contributed by atoms with Crippen LogP contribution in [0.3, 0.4) is 0 Å². The first-order valence-corrected chi connectivity index (χ1v) is 7.96. The Bertz CT molecular complexity index is 572. The second kappa shape index (κ2) is 5.92. The van der Waals surface area contributed by atoms with Gasteiger partial charge in [-0.3, -0.25) is 0 Å². The van der Waals surface area contributed by atoms with E-state index in [0.29, 0.717) is 0 Å². The number of benzene rings is 2. The van der Waals surface area contributed by atoms with E-state index in [4.69, 9.17) is 0 Å². The summed E-state index contributed by atoms with van der Waals surface area (Å²) < 4.78 is 1.27. The minimum atomic E-state index is 1.17. The molecule has 0 atom stereocenters. The molecule has 1 aliphatic carbocycles. The second-order valence-corrected chi connectivity index (χ2v) is 6.31. The van der Waals surface area contributed by atoms with E-state index < -0.39 is 0 Å². The van der Waals surface area contributed by atoms with Gasteiger partial charge in [0.15, 0.2) is 0 Å². The van der Waals surface area contributed by atoms with Gasteiger partial charge in [0, 0.05) is 4.47 Å². The molecule has 0 aliphatic heterocycles. The van der Waals surface area contributed by atoms with Crippen LogP contribution in [-0.2, 0) is 25.7 Å². The number of hydrogen-bond acceptors (Lipinski definition) is 0. The molecule has 0 nitrogen and oxygen atoms in total. The SMILES string of the molecule is Brc1ccc2cc1CCCc1cccc(c1)CCC2. The van der Waals surface area contributed by atoms with E-state index in [-0.39, 0.29) is 0 Å². The summed E-state index contributed by atoms with van der Waals surface area (Å²) in [6, 6.07) is 16.0. The van der Waals surface area contributed by atoms with E-state index in [2.05, 4.69) is 58.4 Å². The molecular weight excluding hydrogens is 296 g/mol. The summed E-state index contributed by atoms with van der Waals surface area (Å²) >= 11 is 3.68. The van der Waals surface area contributed by atoms with E-state index in [0.717, 1.165) is 0 Å². The lowest BCUT2D eigenvalue weighted by atomic mass is 9.96. The Hall–Kier alpha value is -1.08. The molecule has 2 aromatic carbocycles. The first-order valence-electron chi connectivity index (χ1n) is 7.16. The van der Waals surface area contributed by atoms with Gasteiger partial charge in [-0.25, -0.2) is 0 Å². The standard InChI is InChI=1S/C18H19Br/c19-18-11-10-16-7-2-6-14-4-1-5-15(12-14)8-3-9-17(18)13-16/h1,4-5,10-13H,2-3,6-9H2. The molecule has 3 rings (SSSR count). The molecular formula is C18H19Br. The van der Waals surface area contributed by atoms with Crippen LogP contribution in [0.4, 0.5) is 0 Å². The topological polar surface area (TPSA) is 0 Å². The van der Waals surface area contributed by atoms with E-state index >= 15 is 0 Å². The van der Waals surface area contributed by atoms with Crippen LogP contribution >= 0.6 is 15.9 Å². The van der Waals surface area contributed by atoms with Crippen molar-refractivity contribution >= 4 is 15.9 Å². The third-order valence-corrected chi connectivity index (χ3v) is 4.72. The van der Waals surface area contributed by atoms with Gasteiger partial charge in [0.1, 0.15) is 0 Å². The predicted molar refractivity (Wildman–Crippen MR) is 84.6 cm³/mol. The molecule has 0 spiro atoms. The third-order valence-electron chi connectivity index (χ3n) is 3.94. The van der Waals surface area contributed by atoms with Crippen molar-refractivity contribution in [1.29, 1.82) is 0 Å². The number of halogens is 1. The summed E-state index contributed by atoms with van der Waals surface area (Å²) in [6.45, 7) is 0. The van der Waals surface area contributed by atoms with E-state index in [1.54, 1.807) is 0 Å². The van der Waals surface area contributed by atoms with Crippen molar-refractivity contribution in [2.45, 2.75) is 38.5 Å². The van der Waals surface area contributed by atoms with Gasteiger partial charge >= 0.3 is 0 Å². The Kier molecular flexibility index (Phi) is 4.03. The van der Waals surface area contributed by atoms with Gasteiger partial charge in [0.05, 0.1) is 0 Å². The van der Waals surface area contributed by atoms with Crippen molar-refractivity contribution in [2.24, 2.45) is 0 Å². The average Bonchev–Trinajstić information content (AvgIpc) is 2.41. The van der Waals surface area contributed by atoms with Crippen LogP contribution < -0.4 is 0 Å². The minimum Gasteiger partial charge on any atom is -0.0617 e. The van der Waals surface area contributed by atoms with Crippen LogP contribution in [0.2, 0.25) is 0 Å². The highest BCUT2D eigenvalue weighted by Gasteiger charge is 2.05. The normalized spacial score (nSPS) is 15.4. The number of hydrogen-bond donors (Lipinski definition) is 0. The molecule has 0 saturated carbocycles. The Morgan fingerprint density at radius 2 is 1.32 bits per heavy atom. The predicted octanol–water partition coefficient (Wildman–Crippen LogP) is 5.11. The molecule has 0 aromatic heterocycles. The molecule has 0 saturated heterocycles. The lowest BCUT2D eigenvalue weighted by molar-refractivity contribution is 0.787. The number of fused-ring (bicyclic) bond motifs is 4. The first kappa shape index (κ1) is 12.9. The van der Waals surface area contributed by atoms with Gasteiger partial charge in [-0.1, -0.05) is 52.3 Å². The Labute approximate surface area is 124 Å². The molecule has 98 valence electrons. The lowest BCUT2D eigenvalue weighted by Gasteiger charge is -2.11. The molecule has 0 unspecified atom stereocenters. The monoisotopic (exact) mass is 314 g/mol. The summed E-state index contributed by atoms with van der Waals surface area (Å²) in [6.07, 6.45) is 7.20. The average molecular weight is 315 g/mol. The number of rotatable bonds is 0. The zero-order chi connectivity index (χ0) is 13.1. The fourth-order valence-corrected chi connectivity index (χ4v) is 3.34. The second-order valence-electron chi connectivity index (χ2n) is 5.45. The Morgan fingerprint density at radius 3 is 2.05 bits per heavy atom. The molecule has 0 N–H and O–H groups in total. The molecule has 4 bridgehead atoms. The van der Waals surface area contributed by atoms with E-state index in [9.17, 15) is 0 Å². The molecule has 0 heterocycles. The van der Waals surface area contributed by atoms with Gasteiger partial charge in [0.2, 0.25) is 0 Å². The van der Waals surface area contributed by atoms with Crippen LogP contribution in [0, 0.1) is 0 Å². The first-order chi connectivity index (χ1) is 9.31. The minimum absolute atomic E-state index is 1.17. The Morgan fingerprint density at radius 1 is 0.684 bits per heavy atom. The molecule has 19 heavy (non-hydrogen) atoms. The molecule has 1 aliphatic rings. The highest BCUT2D eigenvalue weighted by molar-refractivity contribution is 9.10. The summed E-state index contributed by atoms with van der Waals surface area (Å²) in [5.74, 6) is 0. The summed E-state index contributed by atoms with van der Waals surface area (Å²) in [4.78, 5) is 0. The van der Waals surface area contributed by atoms with Gasteiger partial charge < -0.3 is 0 Å². The highest BCUT2D eigenvalue weighted by atomic mass is 79.9. The Balaban J connectivity index is 1.86. The molecule has 0 radical (unpaired) electrons. The van der Waals surface area contributed by atoms with Crippen molar-refractivity contribution < 1.29 is 0 Å². The summed E-state index contributed by atoms with van der Waals surface area (Å²) in [5.41, 5.74) is 5.94. The lowest BCUT2D eigenvalue weighted by Crippen LogP contribution is -1.98. The quantitative estimate of drug-likeness (QED) is 0.633. The maximum Gasteiger partial charge on any atom is 0.0207 e. The maximum absolute atomic E-state index is 3.68. The van der Waals surface area contributed by atoms with Crippen molar-refractivity contribution in [3.63, 3.8) is 0 Å². The van der Waals surface area contributed by atoms with Gasteiger partial charge in [0.25, 0.3) is 0 Å². The van der Waals surface area contributed by atoms with Gasteiger partial charge in [-0.05, 0) is 66.8 Å². The number of aryl methyl sites for hydroxylation is 4. The largest absolute Gasteiger partial charge is 0.0617 e. The van der Waals surface area contributed by atoms with Crippen molar-refractivity contribution in [3.05, 3.63) is 69.2 Å². The van der Waals surface area contributed by atoms with Crippen LogP contribution in [0.5, 0.6) is 0 Å². The van der Waals surface area contributed by atoms with Gasteiger partial charge in [-0.2, -0.15) is 0 Å². The zero-order valence-corrected chi connectivity index (χ0v) is 12.7. The van der Waals surface area contributed by atoms with E-state index in [1.165, 1.54) is 65.3 Å². The smallest absolute Gasteiger partial charge is 0.0207 e. The molecule has 2 aromatic rings. The van der Waals surface area contributed by atoms with Crippen LogP contribution in [0.1, 0.15) is 35.1 Å². The van der Waals surface area contributed by atoms with Crippen LogP contribution in [0.25, 0.3) is 0 Å². The fraction of sp³-hybridized carbons (Fsp3) is 0.333. The van der Waals surface area contributed by atoms with Crippen molar-refractivity contribution in [1.82, 2.24) is 0 Å². The van der Waals surface area contributed by atoms with Crippen LogP contribution in [0.15, 0.2) is 46.9 Å². The third kappa shape index (κ3) is 3.27. The van der Waals surface area contributed by atoms with Crippen molar-refractivity contribution in [2.75, 3.05) is 0 Å². The maximum atomic E-state index is 3.68. The zero-order valence-electron chi connectivity index (χ0n) is 11.2. The van der Waals surface area contributed by atoms with Gasteiger partial charge in [-0.15, -0.1) is 0 Å².